The van der Waals surface area contributed by atoms with Crippen LogP contribution >= 0.6 is 11.8 Å². The van der Waals surface area contributed by atoms with Crippen LogP contribution in [0.15, 0.2) is 35.2 Å². The standard InChI is InChI=1S/C20H17F5O3S/c1-3-28-19(27)20(2,9-11-7-5-4-6-8-11)12(26)10-29-18-16(24)14(22)13(21)15(23)17(18)25/h4-8H,3,9-10H2,1-2H3. The third kappa shape index (κ3) is 4.77. The van der Waals surface area contributed by atoms with Gasteiger partial charge in [0.05, 0.1) is 17.3 Å². The molecule has 2 rings (SSSR count). The predicted molar refractivity (Wildman–Crippen MR) is 96.8 cm³/mol. The van der Waals surface area contributed by atoms with Crippen LogP contribution < -0.4 is 0 Å². The summed E-state index contributed by atoms with van der Waals surface area (Å²) >= 11 is 0.138. The van der Waals surface area contributed by atoms with Crippen molar-refractivity contribution in [1.29, 1.82) is 0 Å². The van der Waals surface area contributed by atoms with Crippen LogP contribution in [0.1, 0.15) is 19.4 Å². The van der Waals surface area contributed by atoms with Crippen molar-refractivity contribution in [2.24, 2.45) is 5.41 Å². The number of Topliss-reactive ketones (excluding diaryl/α,β-unsaturated/α-hetero) is 1. The quantitative estimate of drug-likeness (QED) is 0.149. The average molecular weight is 432 g/mol. The third-order valence-electron chi connectivity index (χ3n) is 4.26. The van der Waals surface area contributed by atoms with Gasteiger partial charge in [0.15, 0.2) is 29.1 Å². The van der Waals surface area contributed by atoms with Crippen LogP contribution in [0.5, 0.6) is 0 Å². The molecule has 0 saturated heterocycles. The van der Waals surface area contributed by atoms with Crippen molar-refractivity contribution in [3.63, 3.8) is 0 Å². The summed E-state index contributed by atoms with van der Waals surface area (Å²) in [7, 11) is 0. The molecule has 0 aliphatic rings. The largest absolute Gasteiger partial charge is 0.465 e. The Morgan fingerprint density at radius 3 is 1.97 bits per heavy atom. The maximum Gasteiger partial charge on any atom is 0.319 e. The fourth-order valence-corrected chi connectivity index (χ4v) is 3.61. The first-order valence-corrected chi connectivity index (χ1v) is 9.50. The molecular formula is C20H17F5O3S. The van der Waals surface area contributed by atoms with E-state index in [1.165, 1.54) is 6.92 Å². The minimum atomic E-state index is -2.28. The van der Waals surface area contributed by atoms with E-state index in [2.05, 4.69) is 0 Å². The molecule has 0 heterocycles. The van der Waals surface area contributed by atoms with Crippen LogP contribution in [0, 0.1) is 34.5 Å². The van der Waals surface area contributed by atoms with Gasteiger partial charge >= 0.3 is 5.97 Å². The Labute approximate surface area is 168 Å². The van der Waals surface area contributed by atoms with Gasteiger partial charge in [-0.25, -0.2) is 22.0 Å². The first-order chi connectivity index (χ1) is 13.6. The number of rotatable bonds is 8. The van der Waals surface area contributed by atoms with Crippen molar-refractivity contribution >= 4 is 23.5 Å². The molecule has 3 nitrogen and oxygen atoms in total. The van der Waals surface area contributed by atoms with E-state index in [4.69, 9.17) is 4.74 Å². The van der Waals surface area contributed by atoms with Crippen LogP contribution in [-0.2, 0) is 20.7 Å². The van der Waals surface area contributed by atoms with Gasteiger partial charge in [-0.3, -0.25) is 9.59 Å². The Bertz CT molecular complexity index is 891. The van der Waals surface area contributed by atoms with Crippen LogP contribution in [-0.4, -0.2) is 24.1 Å². The molecule has 1 unspecified atom stereocenters. The molecule has 0 bridgehead atoms. The van der Waals surface area contributed by atoms with E-state index in [-0.39, 0.29) is 24.8 Å². The zero-order chi connectivity index (χ0) is 21.8. The van der Waals surface area contributed by atoms with Gasteiger partial charge in [0.25, 0.3) is 0 Å². The van der Waals surface area contributed by atoms with Crippen LogP contribution in [0.3, 0.4) is 0 Å². The first kappa shape index (κ1) is 22.9. The number of ether oxygens (including phenoxy) is 1. The van der Waals surface area contributed by atoms with E-state index in [0.717, 1.165) is 0 Å². The summed E-state index contributed by atoms with van der Waals surface area (Å²) < 4.78 is 72.5. The molecule has 0 spiro atoms. The summed E-state index contributed by atoms with van der Waals surface area (Å²) in [6.07, 6.45) is -0.0524. The van der Waals surface area contributed by atoms with Gasteiger partial charge in [-0.05, 0) is 25.8 Å². The molecular weight excluding hydrogens is 415 g/mol. The Balaban J connectivity index is 2.30. The van der Waals surface area contributed by atoms with Crippen molar-refractivity contribution in [1.82, 2.24) is 0 Å². The molecule has 0 N–H and O–H groups in total. The SMILES string of the molecule is CCOC(=O)C(C)(Cc1ccccc1)C(=O)CSc1c(F)c(F)c(F)c(F)c1F. The number of carbonyl (C=O) groups is 2. The predicted octanol–water partition coefficient (Wildman–Crippen LogP) is 4.86. The second kappa shape index (κ2) is 9.39. The highest BCUT2D eigenvalue weighted by molar-refractivity contribution is 8.00. The molecule has 0 fully saturated rings. The lowest BCUT2D eigenvalue weighted by Crippen LogP contribution is -2.41. The highest BCUT2D eigenvalue weighted by Crippen LogP contribution is 2.34. The van der Waals surface area contributed by atoms with Crippen molar-refractivity contribution in [2.45, 2.75) is 25.2 Å². The minimum absolute atomic E-state index is 0.00127. The molecule has 0 aliphatic carbocycles. The third-order valence-corrected chi connectivity index (χ3v) is 5.31. The number of halogens is 5. The highest BCUT2D eigenvalue weighted by Gasteiger charge is 2.42. The number of ketones is 1. The maximum atomic E-state index is 13.8. The molecule has 0 aromatic heterocycles. The van der Waals surface area contributed by atoms with Crippen molar-refractivity contribution < 1.29 is 36.3 Å². The molecule has 156 valence electrons. The lowest BCUT2D eigenvalue weighted by molar-refractivity contribution is -0.158. The van der Waals surface area contributed by atoms with Crippen LogP contribution in [0.4, 0.5) is 22.0 Å². The number of carbonyl (C=O) groups excluding carboxylic acids is 2. The second-order valence-corrected chi connectivity index (χ2v) is 7.31. The average Bonchev–Trinajstić information content (AvgIpc) is 2.71. The number of esters is 1. The lowest BCUT2D eigenvalue weighted by atomic mass is 9.80. The summed E-state index contributed by atoms with van der Waals surface area (Å²) in [6.45, 7) is 2.87. The molecule has 29 heavy (non-hydrogen) atoms. The lowest BCUT2D eigenvalue weighted by Gasteiger charge is -2.26. The number of hydrogen-bond donors (Lipinski definition) is 0. The zero-order valence-corrected chi connectivity index (χ0v) is 16.3. The Morgan fingerprint density at radius 2 is 1.45 bits per heavy atom. The van der Waals surface area contributed by atoms with E-state index in [1.54, 1.807) is 37.3 Å². The Kier molecular flexibility index (Phi) is 7.40. The fourth-order valence-electron chi connectivity index (χ4n) is 2.59. The molecule has 2 aromatic rings. The van der Waals surface area contributed by atoms with Crippen molar-refractivity contribution in [3.05, 3.63) is 65.0 Å². The van der Waals surface area contributed by atoms with E-state index >= 15 is 0 Å². The monoisotopic (exact) mass is 432 g/mol. The Morgan fingerprint density at radius 1 is 0.931 bits per heavy atom. The molecule has 0 amide bonds. The molecule has 0 saturated carbocycles. The van der Waals surface area contributed by atoms with Gasteiger partial charge in [-0.2, -0.15) is 0 Å². The summed E-state index contributed by atoms with van der Waals surface area (Å²) in [5.74, 6) is -12.8. The molecule has 1 atom stereocenters. The van der Waals surface area contributed by atoms with E-state index in [1.807, 2.05) is 0 Å². The van der Waals surface area contributed by atoms with E-state index in [0.29, 0.717) is 5.56 Å². The molecule has 2 aromatic carbocycles. The maximum absolute atomic E-state index is 13.8. The van der Waals surface area contributed by atoms with Crippen LogP contribution in [0.2, 0.25) is 0 Å². The first-order valence-electron chi connectivity index (χ1n) is 8.52. The minimum Gasteiger partial charge on any atom is -0.465 e. The fraction of sp³-hybridized carbons (Fsp3) is 0.300. The normalized spacial score (nSPS) is 13.1. The summed E-state index contributed by atoms with van der Waals surface area (Å²) in [4.78, 5) is 24.0. The van der Waals surface area contributed by atoms with Gasteiger partial charge < -0.3 is 4.74 Å². The van der Waals surface area contributed by atoms with Crippen molar-refractivity contribution in [3.8, 4) is 0 Å². The summed E-state index contributed by atoms with van der Waals surface area (Å²) in [5, 5.41) is 0. The van der Waals surface area contributed by atoms with Crippen LogP contribution in [0.25, 0.3) is 0 Å². The number of hydrogen-bond acceptors (Lipinski definition) is 4. The van der Waals surface area contributed by atoms with E-state index in [9.17, 15) is 31.5 Å². The summed E-state index contributed by atoms with van der Waals surface area (Å²) in [5.41, 5.74) is -1.06. The van der Waals surface area contributed by atoms with Gasteiger partial charge in [0.2, 0.25) is 5.82 Å². The van der Waals surface area contributed by atoms with E-state index < -0.39 is 56.9 Å². The van der Waals surface area contributed by atoms with Gasteiger partial charge in [-0.15, -0.1) is 11.8 Å². The van der Waals surface area contributed by atoms with Gasteiger partial charge in [0.1, 0.15) is 5.41 Å². The van der Waals surface area contributed by atoms with Gasteiger partial charge in [-0.1, -0.05) is 30.3 Å². The molecule has 0 aliphatic heterocycles. The Hall–Kier alpha value is -2.42. The smallest absolute Gasteiger partial charge is 0.319 e. The highest BCUT2D eigenvalue weighted by atomic mass is 32.2. The number of benzene rings is 2. The second-order valence-electron chi connectivity index (χ2n) is 6.33. The summed E-state index contributed by atoms with van der Waals surface area (Å²) in [6, 6.07) is 8.51. The molecule has 0 radical (unpaired) electrons. The van der Waals surface area contributed by atoms with Gasteiger partial charge in [0, 0.05) is 0 Å². The van der Waals surface area contributed by atoms with Crippen molar-refractivity contribution in [2.75, 3.05) is 12.4 Å². The zero-order valence-electron chi connectivity index (χ0n) is 15.5. The molecule has 9 heteroatoms. The topological polar surface area (TPSA) is 43.4 Å². The number of thioether (sulfide) groups is 1.